The number of nitrogens with zero attached hydrogens (tertiary/aromatic N) is 3. The normalized spacial score (nSPS) is 26.9. The summed E-state index contributed by atoms with van der Waals surface area (Å²) in [5, 5.41) is 8.62. The molecule has 3 aromatic rings. The maximum atomic E-state index is 14.2. The zero-order chi connectivity index (χ0) is 25.3. The Kier molecular flexibility index (Phi) is 6.57. The molecule has 194 valence electrons. The lowest BCUT2D eigenvalue weighted by atomic mass is 9.74. The predicted octanol–water partition coefficient (Wildman–Crippen LogP) is 5.82. The van der Waals surface area contributed by atoms with E-state index in [0.717, 1.165) is 86.6 Å². The van der Waals surface area contributed by atoms with Crippen LogP contribution in [0.1, 0.15) is 62.8 Å². The highest BCUT2D eigenvalue weighted by atomic mass is 19.1. The van der Waals surface area contributed by atoms with Gasteiger partial charge in [0, 0.05) is 24.3 Å². The van der Waals surface area contributed by atoms with Crippen molar-refractivity contribution in [3.05, 3.63) is 71.9 Å². The van der Waals surface area contributed by atoms with Crippen LogP contribution in [0.4, 0.5) is 4.39 Å². The van der Waals surface area contributed by atoms with Crippen molar-refractivity contribution in [3.63, 3.8) is 0 Å². The molecule has 1 aliphatic carbocycles. The van der Waals surface area contributed by atoms with E-state index < -0.39 is 5.41 Å². The number of fused-ring (bicyclic) bond motifs is 3. The number of piperidine rings is 3. The maximum Gasteiger partial charge on any atom is 0.317 e. The quantitative estimate of drug-likeness (QED) is 0.240. The van der Waals surface area contributed by atoms with Crippen molar-refractivity contribution >= 4 is 5.97 Å². The standard InChI is InChI=1S/C30H35FN3O3/c31-25-12-8-11-24(19-25)30(15-6-1-2-7-16-30)29(35)36-26-20-34(17-13-22(26)14-18-34)21-27-32-33-28(37-27)23-9-4-3-5-10-23/h3-5,8-12,19,22,26H,1-2,6-7,13-18,20-21H2/q+1. The van der Waals surface area contributed by atoms with E-state index in [1.54, 1.807) is 6.07 Å². The number of hydrogen-bond acceptors (Lipinski definition) is 5. The largest absolute Gasteiger partial charge is 0.455 e. The van der Waals surface area contributed by atoms with E-state index in [1.807, 2.05) is 36.4 Å². The van der Waals surface area contributed by atoms with Crippen LogP contribution in [0, 0.1) is 11.7 Å². The number of halogens is 1. The van der Waals surface area contributed by atoms with Gasteiger partial charge in [-0.2, -0.15) is 0 Å². The molecule has 4 fully saturated rings. The Hall–Kier alpha value is -3.06. The Morgan fingerprint density at radius 2 is 1.76 bits per heavy atom. The number of quaternary nitrogens is 1. The van der Waals surface area contributed by atoms with E-state index in [4.69, 9.17) is 9.15 Å². The average molecular weight is 505 g/mol. The zero-order valence-electron chi connectivity index (χ0n) is 21.3. The van der Waals surface area contributed by atoms with Crippen LogP contribution in [0.15, 0.2) is 59.0 Å². The summed E-state index contributed by atoms with van der Waals surface area (Å²) in [5.41, 5.74) is 0.923. The summed E-state index contributed by atoms with van der Waals surface area (Å²) in [6, 6.07) is 16.4. The Labute approximate surface area is 217 Å². The molecule has 6 nitrogen and oxygen atoms in total. The smallest absolute Gasteiger partial charge is 0.317 e. The maximum absolute atomic E-state index is 14.2. The van der Waals surface area contributed by atoms with Crippen molar-refractivity contribution in [2.45, 2.75) is 69.4 Å². The van der Waals surface area contributed by atoms with Gasteiger partial charge in [-0.25, -0.2) is 4.39 Å². The van der Waals surface area contributed by atoms with Crippen LogP contribution in [-0.2, 0) is 21.5 Å². The molecular weight excluding hydrogens is 469 g/mol. The first-order chi connectivity index (χ1) is 18.1. The third-order valence-electron chi connectivity index (χ3n) is 8.98. The number of ether oxygens (including phenoxy) is 1. The Morgan fingerprint density at radius 1 is 1.00 bits per heavy atom. The summed E-state index contributed by atoms with van der Waals surface area (Å²) in [4.78, 5) is 14.0. The highest BCUT2D eigenvalue weighted by Gasteiger charge is 2.51. The molecule has 0 spiro atoms. The van der Waals surface area contributed by atoms with Crippen LogP contribution < -0.4 is 0 Å². The second kappa shape index (κ2) is 10.0. The number of rotatable bonds is 6. The topological polar surface area (TPSA) is 65.2 Å². The summed E-state index contributed by atoms with van der Waals surface area (Å²) in [7, 11) is 0. The van der Waals surface area contributed by atoms with E-state index in [-0.39, 0.29) is 17.9 Å². The number of esters is 1. The number of hydrogen-bond donors (Lipinski definition) is 0. The van der Waals surface area contributed by atoms with Gasteiger partial charge in [-0.05, 0) is 42.7 Å². The van der Waals surface area contributed by atoms with Gasteiger partial charge in [-0.15, -0.1) is 10.2 Å². The summed E-state index contributed by atoms with van der Waals surface area (Å²) in [6.45, 7) is 3.46. The first-order valence-corrected chi connectivity index (χ1v) is 13.8. The highest BCUT2D eigenvalue weighted by Crippen LogP contribution is 2.43. The van der Waals surface area contributed by atoms with Crippen LogP contribution in [0.2, 0.25) is 0 Å². The minimum absolute atomic E-state index is 0.139. The molecule has 4 aliphatic rings. The molecule has 2 bridgehead atoms. The number of carbonyl (C=O) groups excluding carboxylic acids is 1. The highest BCUT2D eigenvalue weighted by molar-refractivity contribution is 5.83. The third kappa shape index (κ3) is 4.81. The number of aromatic nitrogens is 2. The first kappa shape index (κ1) is 24.3. The second-order valence-corrected chi connectivity index (χ2v) is 11.3. The predicted molar refractivity (Wildman–Crippen MR) is 137 cm³/mol. The lowest BCUT2D eigenvalue weighted by molar-refractivity contribution is -0.959. The lowest BCUT2D eigenvalue weighted by Crippen LogP contribution is -2.64. The van der Waals surface area contributed by atoms with Gasteiger partial charge < -0.3 is 13.6 Å². The number of benzene rings is 2. The summed E-state index contributed by atoms with van der Waals surface area (Å²) >= 11 is 0. The van der Waals surface area contributed by atoms with Gasteiger partial charge in [0.25, 0.3) is 5.89 Å². The molecule has 2 aromatic carbocycles. The van der Waals surface area contributed by atoms with Gasteiger partial charge in [0.1, 0.15) is 12.4 Å². The third-order valence-corrected chi connectivity index (χ3v) is 8.98. The number of carbonyl (C=O) groups is 1. The van der Waals surface area contributed by atoms with Crippen LogP contribution >= 0.6 is 0 Å². The fourth-order valence-electron chi connectivity index (χ4n) is 6.86. The van der Waals surface area contributed by atoms with E-state index in [2.05, 4.69) is 10.2 Å². The molecule has 1 atom stereocenters. The van der Waals surface area contributed by atoms with Gasteiger partial charge in [0.15, 0.2) is 12.6 Å². The molecule has 4 heterocycles. The molecule has 1 unspecified atom stereocenters. The van der Waals surface area contributed by atoms with Crippen molar-refractivity contribution in [2.75, 3.05) is 19.6 Å². The summed E-state index contributed by atoms with van der Waals surface area (Å²) < 4.78 is 27.5. The minimum atomic E-state index is -0.757. The van der Waals surface area contributed by atoms with Crippen LogP contribution in [0.3, 0.4) is 0 Å². The zero-order valence-corrected chi connectivity index (χ0v) is 21.3. The van der Waals surface area contributed by atoms with Crippen molar-refractivity contribution in [2.24, 2.45) is 5.92 Å². The molecule has 37 heavy (non-hydrogen) atoms. The van der Waals surface area contributed by atoms with Crippen LogP contribution in [-0.4, -0.2) is 46.4 Å². The second-order valence-electron chi connectivity index (χ2n) is 11.3. The van der Waals surface area contributed by atoms with Gasteiger partial charge >= 0.3 is 5.97 Å². The fourth-order valence-corrected chi connectivity index (χ4v) is 6.86. The Balaban J connectivity index is 1.20. The summed E-state index contributed by atoms with van der Waals surface area (Å²) in [5.74, 6) is 1.08. The minimum Gasteiger partial charge on any atom is -0.455 e. The molecule has 3 saturated heterocycles. The van der Waals surface area contributed by atoms with Gasteiger partial charge in [0.2, 0.25) is 5.89 Å². The van der Waals surface area contributed by atoms with E-state index in [1.165, 1.54) is 12.1 Å². The molecule has 7 rings (SSSR count). The fraction of sp³-hybridized carbons (Fsp3) is 0.500. The van der Waals surface area contributed by atoms with Crippen LogP contribution in [0.5, 0.6) is 0 Å². The molecule has 0 amide bonds. The van der Waals surface area contributed by atoms with Gasteiger partial charge in [-0.3, -0.25) is 4.79 Å². The molecule has 1 aromatic heterocycles. The van der Waals surface area contributed by atoms with Crippen molar-refractivity contribution in [1.29, 1.82) is 0 Å². The Bertz CT molecular complexity index is 1230. The first-order valence-electron chi connectivity index (χ1n) is 13.8. The molecule has 7 heteroatoms. The van der Waals surface area contributed by atoms with Crippen molar-refractivity contribution < 1.29 is 22.8 Å². The molecule has 1 saturated carbocycles. The van der Waals surface area contributed by atoms with Crippen LogP contribution in [0.25, 0.3) is 11.5 Å². The molecule has 0 N–H and O–H groups in total. The lowest BCUT2D eigenvalue weighted by Gasteiger charge is -2.51. The molecule has 0 radical (unpaired) electrons. The molecular formula is C30H35FN3O3+. The van der Waals surface area contributed by atoms with Gasteiger partial charge in [0.05, 0.1) is 18.5 Å². The average Bonchev–Trinajstić information content (AvgIpc) is 3.23. The van der Waals surface area contributed by atoms with Crippen molar-refractivity contribution in [3.8, 4) is 11.5 Å². The van der Waals surface area contributed by atoms with E-state index in [9.17, 15) is 9.18 Å². The van der Waals surface area contributed by atoms with E-state index in [0.29, 0.717) is 24.2 Å². The van der Waals surface area contributed by atoms with Crippen molar-refractivity contribution in [1.82, 2.24) is 10.2 Å². The SMILES string of the molecule is O=C(OC1C[N+]2(Cc3nnc(-c4ccccc4)o3)CCC1CC2)C1(c2cccc(F)c2)CCCCCC1. The Morgan fingerprint density at radius 3 is 2.49 bits per heavy atom. The summed E-state index contributed by atoms with van der Waals surface area (Å²) in [6.07, 6.45) is 7.46. The van der Waals surface area contributed by atoms with Gasteiger partial charge in [-0.1, -0.05) is 56.0 Å². The monoisotopic (exact) mass is 504 g/mol. The van der Waals surface area contributed by atoms with E-state index >= 15 is 0 Å². The molecule has 3 aliphatic heterocycles.